The molecular formula is C12H12BrN3O3. The van der Waals surface area contributed by atoms with E-state index in [1.54, 1.807) is 4.90 Å². The summed E-state index contributed by atoms with van der Waals surface area (Å²) in [4.78, 5) is 13.3. The van der Waals surface area contributed by atoms with Gasteiger partial charge >= 0.3 is 6.03 Å². The molecule has 1 saturated heterocycles. The van der Waals surface area contributed by atoms with Gasteiger partial charge in [0.05, 0.1) is 4.47 Å². The molecule has 1 unspecified atom stereocenters. The number of urea groups is 1. The second-order valence-electron chi connectivity index (χ2n) is 4.27. The molecule has 0 spiro atoms. The van der Waals surface area contributed by atoms with Crippen LogP contribution in [0.5, 0.6) is 11.5 Å². The molecular weight excluding hydrogens is 314 g/mol. The smallest absolute Gasteiger partial charge is 0.323 e. The number of ether oxygens (including phenoxy) is 2. The third-order valence-electron chi connectivity index (χ3n) is 3.19. The maximum absolute atomic E-state index is 11.7. The Kier molecular flexibility index (Phi) is 2.85. The van der Waals surface area contributed by atoms with Crippen LogP contribution >= 0.6 is 15.9 Å². The van der Waals surface area contributed by atoms with E-state index >= 15 is 0 Å². The Morgan fingerprint density at radius 2 is 2.32 bits per heavy atom. The van der Waals surface area contributed by atoms with Crippen LogP contribution in [-0.4, -0.2) is 30.1 Å². The highest BCUT2D eigenvalue weighted by molar-refractivity contribution is 9.10. The quantitative estimate of drug-likeness (QED) is 0.875. The number of nitrogens with zero attached hydrogens (tertiary/aromatic N) is 1. The molecule has 0 aromatic heterocycles. The van der Waals surface area contributed by atoms with Crippen molar-refractivity contribution < 1.29 is 14.3 Å². The second kappa shape index (κ2) is 4.41. The monoisotopic (exact) mass is 325 g/mol. The number of hydrogen-bond donors (Lipinski definition) is 2. The SMILES string of the molecule is CCN1C(=O)NC(=N)C1c1cc(Br)c2c(c1)OCO2. The van der Waals surface area contributed by atoms with Crippen molar-refractivity contribution in [3.05, 3.63) is 22.2 Å². The maximum atomic E-state index is 11.7. The summed E-state index contributed by atoms with van der Waals surface area (Å²) in [6, 6.07) is 3.03. The molecule has 7 heteroatoms. The van der Waals surface area contributed by atoms with Gasteiger partial charge in [-0.15, -0.1) is 0 Å². The van der Waals surface area contributed by atoms with Gasteiger partial charge in [-0.1, -0.05) is 0 Å². The van der Waals surface area contributed by atoms with E-state index in [0.717, 1.165) is 10.0 Å². The summed E-state index contributed by atoms with van der Waals surface area (Å²) in [5.41, 5.74) is 0.821. The van der Waals surface area contributed by atoms with E-state index in [4.69, 9.17) is 14.9 Å². The minimum Gasteiger partial charge on any atom is -0.454 e. The number of fused-ring (bicyclic) bond motifs is 1. The maximum Gasteiger partial charge on any atom is 0.323 e. The second-order valence-corrected chi connectivity index (χ2v) is 5.12. The number of likely N-dealkylation sites (N-methyl/N-ethyl adjacent to an activating group) is 1. The van der Waals surface area contributed by atoms with Gasteiger partial charge in [0.2, 0.25) is 6.79 Å². The number of amidine groups is 1. The fourth-order valence-electron chi connectivity index (χ4n) is 2.35. The minimum absolute atomic E-state index is 0.178. The largest absolute Gasteiger partial charge is 0.454 e. The Balaban J connectivity index is 2.04. The molecule has 6 nitrogen and oxygen atoms in total. The molecule has 2 aliphatic heterocycles. The van der Waals surface area contributed by atoms with Crippen LogP contribution < -0.4 is 14.8 Å². The number of hydrogen-bond acceptors (Lipinski definition) is 4. The first-order chi connectivity index (χ1) is 9.11. The fourth-order valence-corrected chi connectivity index (χ4v) is 2.92. The highest BCUT2D eigenvalue weighted by Crippen LogP contribution is 2.42. The van der Waals surface area contributed by atoms with E-state index in [1.165, 1.54) is 0 Å². The van der Waals surface area contributed by atoms with E-state index < -0.39 is 6.04 Å². The fraction of sp³-hybridized carbons (Fsp3) is 0.333. The van der Waals surface area contributed by atoms with Gasteiger partial charge < -0.3 is 14.4 Å². The van der Waals surface area contributed by atoms with Gasteiger partial charge in [-0.25, -0.2) is 4.79 Å². The predicted octanol–water partition coefficient (Wildman–Crippen LogP) is 2.24. The third kappa shape index (κ3) is 1.85. The average molecular weight is 326 g/mol. The van der Waals surface area contributed by atoms with Gasteiger partial charge in [0.15, 0.2) is 11.5 Å². The molecule has 2 N–H and O–H groups in total. The lowest BCUT2D eigenvalue weighted by atomic mass is 10.0. The summed E-state index contributed by atoms with van der Waals surface area (Å²) in [7, 11) is 0. The van der Waals surface area contributed by atoms with E-state index in [0.29, 0.717) is 18.0 Å². The van der Waals surface area contributed by atoms with Crippen LogP contribution in [0, 0.1) is 5.41 Å². The molecule has 1 fully saturated rings. The first kappa shape index (κ1) is 12.3. The first-order valence-electron chi connectivity index (χ1n) is 5.87. The van der Waals surface area contributed by atoms with Gasteiger partial charge in [0.1, 0.15) is 11.9 Å². The molecule has 0 bridgehead atoms. The summed E-state index contributed by atoms with van der Waals surface area (Å²) >= 11 is 3.42. The van der Waals surface area contributed by atoms with E-state index in [2.05, 4.69) is 21.2 Å². The topological polar surface area (TPSA) is 74.7 Å². The number of nitrogens with one attached hydrogen (secondary N) is 2. The summed E-state index contributed by atoms with van der Waals surface area (Å²) in [6.07, 6.45) is 0. The van der Waals surface area contributed by atoms with Crippen molar-refractivity contribution in [3.63, 3.8) is 0 Å². The van der Waals surface area contributed by atoms with Crippen molar-refractivity contribution >= 4 is 27.8 Å². The Labute approximate surface area is 118 Å². The third-order valence-corrected chi connectivity index (χ3v) is 3.78. The molecule has 1 aromatic rings. The van der Waals surface area contributed by atoms with Gasteiger partial charge in [-0.05, 0) is 40.5 Å². The van der Waals surface area contributed by atoms with E-state index in [-0.39, 0.29) is 18.7 Å². The van der Waals surface area contributed by atoms with Gasteiger partial charge in [0, 0.05) is 6.54 Å². The lowest BCUT2D eigenvalue weighted by molar-refractivity contribution is 0.173. The number of benzene rings is 1. The Bertz CT molecular complexity index is 576. The summed E-state index contributed by atoms with van der Waals surface area (Å²) < 4.78 is 11.5. The summed E-state index contributed by atoms with van der Waals surface area (Å²) in [6.45, 7) is 2.60. The number of carbonyl (C=O) groups is 1. The Hall–Kier alpha value is -1.76. The number of rotatable bonds is 2. The molecule has 1 atom stereocenters. The van der Waals surface area contributed by atoms with E-state index in [9.17, 15) is 4.79 Å². The van der Waals surface area contributed by atoms with Crippen LogP contribution in [-0.2, 0) is 0 Å². The first-order valence-corrected chi connectivity index (χ1v) is 6.66. The van der Waals surface area contributed by atoms with Crippen molar-refractivity contribution in [2.24, 2.45) is 0 Å². The molecule has 2 heterocycles. The van der Waals surface area contributed by atoms with Gasteiger partial charge in [0.25, 0.3) is 0 Å². The van der Waals surface area contributed by atoms with Crippen molar-refractivity contribution in [1.82, 2.24) is 10.2 Å². The molecule has 0 aliphatic carbocycles. The average Bonchev–Trinajstić information content (AvgIpc) is 2.93. The lowest BCUT2D eigenvalue weighted by Gasteiger charge is -2.21. The zero-order chi connectivity index (χ0) is 13.6. The van der Waals surface area contributed by atoms with Crippen LogP contribution in [0.25, 0.3) is 0 Å². The van der Waals surface area contributed by atoms with Crippen molar-refractivity contribution in [2.75, 3.05) is 13.3 Å². The Morgan fingerprint density at radius 3 is 3.05 bits per heavy atom. The molecule has 0 saturated carbocycles. The van der Waals surface area contributed by atoms with Crippen molar-refractivity contribution in [3.8, 4) is 11.5 Å². The Morgan fingerprint density at radius 1 is 1.53 bits per heavy atom. The van der Waals surface area contributed by atoms with Crippen LogP contribution in [0.1, 0.15) is 18.5 Å². The van der Waals surface area contributed by atoms with Crippen molar-refractivity contribution in [2.45, 2.75) is 13.0 Å². The molecule has 2 amide bonds. The summed E-state index contributed by atoms with van der Waals surface area (Å²) in [5, 5.41) is 10.5. The molecule has 100 valence electrons. The molecule has 3 rings (SSSR count). The molecule has 19 heavy (non-hydrogen) atoms. The molecule has 1 aromatic carbocycles. The predicted molar refractivity (Wildman–Crippen MR) is 71.6 cm³/mol. The van der Waals surface area contributed by atoms with Crippen LogP contribution in [0.15, 0.2) is 16.6 Å². The van der Waals surface area contributed by atoms with E-state index in [1.807, 2.05) is 19.1 Å². The van der Waals surface area contributed by atoms with Gasteiger partial charge in [-0.2, -0.15) is 0 Å². The number of carbonyl (C=O) groups excluding carboxylic acids is 1. The number of amides is 2. The van der Waals surface area contributed by atoms with Crippen LogP contribution in [0.4, 0.5) is 4.79 Å². The zero-order valence-corrected chi connectivity index (χ0v) is 11.8. The lowest BCUT2D eigenvalue weighted by Crippen LogP contribution is -2.29. The summed E-state index contributed by atoms with van der Waals surface area (Å²) in [5.74, 6) is 1.47. The number of halogens is 1. The highest BCUT2D eigenvalue weighted by Gasteiger charge is 2.36. The van der Waals surface area contributed by atoms with Crippen LogP contribution in [0.2, 0.25) is 0 Å². The highest BCUT2D eigenvalue weighted by atomic mass is 79.9. The zero-order valence-electron chi connectivity index (χ0n) is 10.2. The van der Waals surface area contributed by atoms with Crippen LogP contribution in [0.3, 0.4) is 0 Å². The van der Waals surface area contributed by atoms with Crippen molar-refractivity contribution in [1.29, 1.82) is 5.41 Å². The minimum atomic E-state index is -0.400. The standard InChI is InChI=1S/C12H12BrN3O3/c1-2-16-9(11(14)15-12(16)17)6-3-7(13)10-8(4-6)18-5-19-10/h3-4,9H,2,5H2,1H3,(H2,14,15,17). The molecule has 0 radical (unpaired) electrons. The molecule has 2 aliphatic rings. The normalized spacial score (nSPS) is 20.9. The van der Waals surface area contributed by atoms with Gasteiger partial charge in [-0.3, -0.25) is 10.7 Å².